The first-order valence-electron chi connectivity index (χ1n) is 6.70. The van der Waals surface area contributed by atoms with Crippen LogP contribution in [0.2, 0.25) is 0 Å². The highest BCUT2D eigenvalue weighted by molar-refractivity contribution is 5.94. The van der Waals surface area contributed by atoms with Crippen LogP contribution in [-0.4, -0.2) is 37.1 Å². The van der Waals surface area contributed by atoms with Gasteiger partial charge in [-0.05, 0) is 30.3 Å². The van der Waals surface area contributed by atoms with E-state index in [-0.39, 0.29) is 19.1 Å². The molecule has 6 nitrogen and oxygen atoms in total. The molecule has 6 heteroatoms. The number of methoxy groups -OCH3 is 1. The molecule has 0 unspecified atom stereocenters. The average molecular weight is 300 g/mol. The first kappa shape index (κ1) is 15.5. The minimum absolute atomic E-state index is 0.0867. The molecule has 1 amide bonds. The summed E-state index contributed by atoms with van der Waals surface area (Å²) >= 11 is 0. The molecule has 22 heavy (non-hydrogen) atoms. The van der Waals surface area contributed by atoms with Gasteiger partial charge < -0.3 is 14.8 Å². The lowest BCUT2D eigenvalue weighted by Gasteiger charge is -2.07. The van der Waals surface area contributed by atoms with Gasteiger partial charge in [0.2, 0.25) is 0 Å². The molecule has 0 fully saturated rings. The Labute approximate surface area is 128 Å². The molecule has 2 rings (SSSR count). The standard InChI is InChI=1S/C16H16N2O4/c1-21-14-6-2-4-12(10-14)15(19)18-8-9-22-16(20)13-5-3-7-17-11-13/h2-7,10-11H,8-9H2,1H3,(H,18,19). The van der Waals surface area contributed by atoms with E-state index in [2.05, 4.69) is 10.3 Å². The summed E-state index contributed by atoms with van der Waals surface area (Å²) in [5, 5.41) is 2.67. The maximum atomic E-state index is 11.9. The van der Waals surface area contributed by atoms with Crippen LogP contribution in [0.25, 0.3) is 0 Å². The number of benzene rings is 1. The Morgan fingerprint density at radius 1 is 1.18 bits per heavy atom. The lowest BCUT2D eigenvalue weighted by atomic mass is 10.2. The van der Waals surface area contributed by atoms with Crippen molar-refractivity contribution in [3.05, 3.63) is 59.9 Å². The second-order valence-corrected chi connectivity index (χ2v) is 4.37. The quantitative estimate of drug-likeness (QED) is 0.648. The van der Waals surface area contributed by atoms with Crippen molar-refractivity contribution in [1.29, 1.82) is 0 Å². The number of rotatable bonds is 6. The third-order valence-corrected chi connectivity index (χ3v) is 2.85. The fourth-order valence-corrected chi connectivity index (χ4v) is 1.74. The predicted octanol–water partition coefficient (Wildman–Crippen LogP) is 1.68. The van der Waals surface area contributed by atoms with Gasteiger partial charge in [0.1, 0.15) is 12.4 Å². The van der Waals surface area contributed by atoms with E-state index in [1.54, 1.807) is 42.6 Å². The normalized spacial score (nSPS) is 9.86. The lowest BCUT2D eigenvalue weighted by molar-refractivity contribution is 0.0502. The number of hydrogen-bond acceptors (Lipinski definition) is 5. The van der Waals surface area contributed by atoms with Crippen LogP contribution in [0.3, 0.4) is 0 Å². The monoisotopic (exact) mass is 300 g/mol. The fourth-order valence-electron chi connectivity index (χ4n) is 1.74. The van der Waals surface area contributed by atoms with E-state index in [1.165, 1.54) is 13.3 Å². The van der Waals surface area contributed by atoms with Crippen LogP contribution in [0.1, 0.15) is 20.7 Å². The Kier molecular flexibility index (Phi) is 5.48. The van der Waals surface area contributed by atoms with Crippen molar-refractivity contribution in [1.82, 2.24) is 10.3 Å². The van der Waals surface area contributed by atoms with Crippen molar-refractivity contribution in [2.45, 2.75) is 0 Å². The molecular formula is C16H16N2O4. The van der Waals surface area contributed by atoms with Crippen molar-refractivity contribution in [2.75, 3.05) is 20.3 Å². The Morgan fingerprint density at radius 3 is 2.73 bits per heavy atom. The molecule has 1 aromatic carbocycles. The van der Waals surface area contributed by atoms with Gasteiger partial charge in [-0.25, -0.2) is 4.79 Å². The number of aromatic nitrogens is 1. The highest BCUT2D eigenvalue weighted by Crippen LogP contribution is 2.12. The van der Waals surface area contributed by atoms with Crippen LogP contribution < -0.4 is 10.1 Å². The highest BCUT2D eigenvalue weighted by atomic mass is 16.5. The first-order valence-corrected chi connectivity index (χ1v) is 6.70. The van der Waals surface area contributed by atoms with Gasteiger partial charge in [0.25, 0.3) is 5.91 Å². The Hall–Kier alpha value is -2.89. The summed E-state index contributed by atoms with van der Waals surface area (Å²) in [6, 6.07) is 10.1. The molecule has 0 radical (unpaired) electrons. The number of nitrogens with zero attached hydrogens (tertiary/aromatic N) is 1. The number of pyridine rings is 1. The number of nitrogens with one attached hydrogen (secondary N) is 1. The SMILES string of the molecule is COc1cccc(C(=O)NCCOC(=O)c2cccnc2)c1. The molecule has 1 heterocycles. The minimum Gasteiger partial charge on any atom is -0.497 e. The molecule has 0 bridgehead atoms. The van der Waals surface area contributed by atoms with Crippen LogP contribution in [0.5, 0.6) is 5.75 Å². The van der Waals surface area contributed by atoms with Crippen LogP contribution in [-0.2, 0) is 4.74 Å². The molecule has 0 saturated heterocycles. The maximum Gasteiger partial charge on any atom is 0.339 e. The lowest BCUT2D eigenvalue weighted by Crippen LogP contribution is -2.28. The zero-order valence-electron chi connectivity index (χ0n) is 12.1. The Bertz CT molecular complexity index is 644. The summed E-state index contributed by atoms with van der Waals surface area (Å²) in [5.74, 6) is -0.115. The van der Waals surface area contributed by atoms with Crippen molar-refractivity contribution in [3.8, 4) is 5.75 Å². The number of esters is 1. The summed E-state index contributed by atoms with van der Waals surface area (Å²) in [6.07, 6.45) is 3.00. The molecule has 1 aromatic heterocycles. The molecule has 2 aromatic rings. The van der Waals surface area contributed by atoms with E-state index in [9.17, 15) is 9.59 Å². The second kappa shape index (κ2) is 7.78. The second-order valence-electron chi connectivity index (χ2n) is 4.37. The van der Waals surface area contributed by atoms with Crippen molar-refractivity contribution in [3.63, 3.8) is 0 Å². The van der Waals surface area contributed by atoms with Gasteiger partial charge in [0, 0.05) is 18.0 Å². The van der Waals surface area contributed by atoms with Gasteiger partial charge in [0.15, 0.2) is 0 Å². The van der Waals surface area contributed by atoms with E-state index >= 15 is 0 Å². The Balaban J connectivity index is 1.76. The summed E-state index contributed by atoms with van der Waals surface area (Å²) in [4.78, 5) is 27.4. The van der Waals surface area contributed by atoms with Crippen LogP contribution >= 0.6 is 0 Å². The smallest absolute Gasteiger partial charge is 0.339 e. The predicted molar refractivity (Wildman–Crippen MR) is 79.8 cm³/mol. The molecule has 0 atom stereocenters. The number of amides is 1. The summed E-state index contributed by atoms with van der Waals surface area (Å²) in [6.45, 7) is 0.311. The van der Waals surface area contributed by atoms with E-state index in [0.29, 0.717) is 16.9 Å². The number of ether oxygens (including phenoxy) is 2. The molecule has 0 aliphatic carbocycles. The van der Waals surface area contributed by atoms with Crippen LogP contribution in [0.15, 0.2) is 48.8 Å². The summed E-state index contributed by atoms with van der Waals surface area (Å²) in [5.41, 5.74) is 0.861. The zero-order valence-corrected chi connectivity index (χ0v) is 12.1. The average Bonchev–Trinajstić information content (AvgIpc) is 2.59. The molecule has 114 valence electrons. The van der Waals surface area contributed by atoms with Gasteiger partial charge in [-0.15, -0.1) is 0 Å². The number of carbonyl (C=O) groups excluding carboxylic acids is 2. The van der Waals surface area contributed by atoms with Crippen molar-refractivity contribution in [2.24, 2.45) is 0 Å². The molecule has 0 spiro atoms. The molecule has 1 N–H and O–H groups in total. The molecular weight excluding hydrogens is 284 g/mol. The van der Waals surface area contributed by atoms with Gasteiger partial charge in [0.05, 0.1) is 19.2 Å². The van der Waals surface area contributed by atoms with E-state index in [4.69, 9.17) is 9.47 Å². The summed E-state index contributed by atoms with van der Waals surface area (Å²) in [7, 11) is 1.54. The van der Waals surface area contributed by atoms with Gasteiger partial charge in [-0.3, -0.25) is 9.78 Å². The van der Waals surface area contributed by atoms with E-state index in [0.717, 1.165) is 0 Å². The third kappa shape index (κ3) is 4.31. The van der Waals surface area contributed by atoms with E-state index in [1.807, 2.05) is 0 Å². The van der Waals surface area contributed by atoms with Crippen LogP contribution in [0.4, 0.5) is 0 Å². The molecule has 0 saturated carbocycles. The number of hydrogen-bond donors (Lipinski definition) is 1. The zero-order chi connectivity index (χ0) is 15.8. The minimum atomic E-state index is -0.469. The molecule has 0 aliphatic rings. The van der Waals surface area contributed by atoms with Crippen LogP contribution in [0, 0.1) is 0 Å². The van der Waals surface area contributed by atoms with Gasteiger partial charge in [-0.2, -0.15) is 0 Å². The van der Waals surface area contributed by atoms with Crippen molar-refractivity contribution >= 4 is 11.9 Å². The van der Waals surface area contributed by atoms with E-state index < -0.39 is 5.97 Å². The van der Waals surface area contributed by atoms with Gasteiger partial charge >= 0.3 is 5.97 Å². The fraction of sp³-hybridized carbons (Fsp3) is 0.188. The first-order chi connectivity index (χ1) is 10.7. The van der Waals surface area contributed by atoms with Gasteiger partial charge in [-0.1, -0.05) is 6.07 Å². The van der Waals surface area contributed by atoms with Crippen molar-refractivity contribution < 1.29 is 19.1 Å². The maximum absolute atomic E-state index is 11.9. The summed E-state index contributed by atoms with van der Waals surface area (Å²) < 4.78 is 10.1. The number of carbonyl (C=O) groups is 2. The largest absolute Gasteiger partial charge is 0.497 e. The Morgan fingerprint density at radius 2 is 2.00 bits per heavy atom. The highest BCUT2D eigenvalue weighted by Gasteiger charge is 2.08. The third-order valence-electron chi connectivity index (χ3n) is 2.85. The molecule has 0 aliphatic heterocycles. The topological polar surface area (TPSA) is 77.5 Å².